The van der Waals surface area contributed by atoms with Crippen molar-refractivity contribution < 1.29 is 9.66 Å². The molecule has 0 aromatic heterocycles. The molecule has 1 aromatic carbocycles. The minimum Gasteiger partial charge on any atom is -0.373 e. The van der Waals surface area contributed by atoms with E-state index in [1.165, 1.54) is 10.5 Å². The molecule has 1 aromatic rings. The summed E-state index contributed by atoms with van der Waals surface area (Å²) in [6.45, 7) is 15.0. The molecular formula is C24H39NO3S. The first-order valence-electron chi connectivity index (χ1n) is 11.1. The second kappa shape index (κ2) is 10.3. The zero-order valence-electron chi connectivity index (χ0n) is 19.2. The predicted molar refractivity (Wildman–Crippen MR) is 122 cm³/mol. The van der Waals surface area contributed by atoms with Gasteiger partial charge in [-0.15, -0.1) is 11.8 Å². The third kappa shape index (κ3) is 5.97. The molecule has 0 unspecified atom stereocenters. The highest BCUT2D eigenvalue weighted by atomic mass is 32.2. The summed E-state index contributed by atoms with van der Waals surface area (Å²) >= 11 is 1.86. The van der Waals surface area contributed by atoms with Crippen LogP contribution in [0.1, 0.15) is 72.8 Å². The maximum absolute atomic E-state index is 12.1. The fourth-order valence-electron chi connectivity index (χ4n) is 4.77. The molecule has 0 amide bonds. The van der Waals surface area contributed by atoms with E-state index in [4.69, 9.17) is 4.74 Å². The zero-order valence-corrected chi connectivity index (χ0v) is 20.0. The Morgan fingerprint density at radius 3 is 2.21 bits per heavy atom. The van der Waals surface area contributed by atoms with Crippen molar-refractivity contribution in [2.24, 2.45) is 17.3 Å². The van der Waals surface area contributed by atoms with E-state index in [1.54, 1.807) is 0 Å². The molecule has 1 aliphatic carbocycles. The van der Waals surface area contributed by atoms with E-state index < -0.39 is 6.04 Å². The second-order valence-electron chi connectivity index (χ2n) is 9.58. The van der Waals surface area contributed by atoms with Gasteiger partial charge < -0.3 is 4.74 Å². The number of ether oxygens (including phenoxy) is 1. The summed E-state index contributed by atoms with van der Waals surface area (Å²) in [6.07, 6.45) is 3.47. The van der Waals surface area contributed by atoms with Gasteiger partial charge in [0.05, 0.1) is 18.1 Å². The van der Waals surface area contributed by atoms with Crippen molar-refractivity contribution in [2.45, 2.75) is 103 Å². The molecule has 5 atom stereocenters. The Balaban J connectivity index is 2.48. The number of rotatable bonds is 8. The molecule has 29 heavy (non-hydrogen) atoms. The number of hydrogen-bond acceptors (Lipinski definition) is 4. The van der Waals surface area contributed by atoms with Crippen LogP contribution >= 0.6 is 11.8 Å². The fourth-order valence-corrected chi connectivity index (χ4v) is 6.24. The minimum absolute atomic E-state index is 0.0331. The first kappa shape index (κ1) is 24.2. The van der Waals surface area contributed by atoms with Crippen molar-refractivity contribution in [3.63, 3.8) is 0 Å². The lowest BCUT2D eigenvalue weighted by Gasteiger charge is -2.49. The smallest absolute Gasteiger partial charge is 0.219 e. The zero-order chi connectivity index (χ0) is 21.8. The monoisotopic (exact) mass is 421 g/mol. The van der Waals surface area contributed by atoms with Gasteiger partial charge in [0.2, 0.25) is 6.04 Å². The molecule has 0 N–H and O–H groups in total. The maximum atomic E-state index is 12.1. The number of benzene rings is 1. The Morgan fingerprint density at radius 2 is 1.76 bits per heavy atom. The molecule has 5 heteroatoms. The van der Waals surface area contributed by atoms with Gasteiger partial charge in [0, 0.05) is 21.5 Å². The van der Waals surface area contributed by atoms with Gasteiger partial charge in [-0.2, -0.15) is 0 Å². The van der Waals surface area contributed by atoms with Crippen LogP contribution in [0.2, 0.25) is 0 Å². The molecule has 4 nitrogen and oxygen atoms in total. The van der Waals surface area contributed by atoms with Crippen molar-refractivity contribution >= 4 is 11.8 Å². The first-order chi connectivity index (χ1) is 13.6. The van der Waals surface area contributed by atoms with Crippen LogP contribution in [0.15, 0.2) is 29.2 Å². The molecule has 164 valence electrons. The van der Waals surface area contributed by atoms with Crippen LogP contribution in [0.4, 0.5) is 0 Å². The van der Waals surface area contributed by atoms with Gasteiger partial charge in [-0.3, -0.25) is 10.1 Å². The van der Waals surface area contributed by atoms with E-state index in [-0.39, 0.29) is 39.6 Å². The standard InChI is InChI=1S/C24H39NO3S/c1-8-17-15-20(25(26)27)21(24(5,6)7)22(28-18(9-2)10-3)23(17)29-19-13-11-16(4)12-14-19/h11-14,17-18,20-23H,8-10,15H2,1-7H3/t17-,20-,21+,22-,23+/m0/s1. The molecule has 0 heterocycles. The number of thioether (sulfide) groups is 1. The van der Waals surface area contributed by atoms with E-state index in [0.717, 1.165) is 19.3 Å². The second-order valence-corrected chi connectivity index (χ2v) is 10.8. The number of nitro groups is 1. The number of hydrogen-bond donors (Lipinski definition) is 0. The average molecular weight is 422 g/mol. The summed E-state index contributed by atoms with van der Waals surface area (Å²) in [6, 6.07) is 8.08. The highest BCUT2D eigenvalue weighted by Crippen LogP contribution is 2.49. The molecule has 0 spiro atoms. The van der Waals surface area contributed by atoms with Crippen LogP contribution in [0.25, 0.3) is 0 Å². The van der Waals surface area contributed by atoms with Crippen molar-refractivity contribution in [3.8, 4) is 0 Å². The van der Waals surface area contributed by atoms with Gasteiger partial charge in [0.1, 0.15) is 0 Å². The number of nitrogens with zero attached hydrogens (tertiary/aromatic N) is 1. The van der Waals surface area contributed by atoms with Crippen LogP contribution in [-0.4, -0.2) is 28.4 Å². The Hall–Kier alpha value is -1.07. The summed E-state index contributed by atoms with van der Waals surface area (Å²) in [4.78, 5) is 13.3. The predicted octanol–water partition coefficient (Wildman–Crippen LogP) is 6.77. The average Bonchev–Trinajstić information content (AvgIpc) is 2.66. The van der Waals surface area contributed by atoms with E-state index in [0.29, 0.717) is 6.42 Å². The van der Waals surface area contributed by atoms with Gasteiger partial charge >= 0.3 is 0 Å². The van der Waals surface area contributed by atoms with Crippen LogP contribution in [0, 0.1) is 34.3 Å². The molecule has 1 saturated carbocycles. The fraction of sp³-hybridized carbons (Fsp3) is 0.750. The molecule has 0 radical (unpaired) electrons. The molecular weight excluding hydrogens is 382 g/mol. The van der Waals surface area contributed by atoms with Crippen molar-refractivity contribution in [1.29, 1.82) is 0 Å². The first-order valence-corrected chi connectivity index (χ1v) is 12.0. The lowest BCUT2D eigenvalue weighted by atomic mass is 9.64. The van der Waals surface area contributed by atoms with Crippen molar-refractivity contribution in [3.05, 3.63) is 39.9 Å². The van der Waals surface area contributed by atoms with Gasteiger partial charge in [0.15, 0.2) is 0 Å². The minimum atomic E-state index is -0.547. The quantitative estimate of drug-likeness (QED) is 0.343. The summed E-state index contributed by atoms with van der Waals surface area (Å²) in [7, 11) is 0. The van der Waals surface area contributed by atoms with Crippen LogP contribution in [0.5, 0.6) is 0 Å². The lowest BCUT2D eigenvalue weighted by molar-refractivity contribution is -0.545. The Morgan fingerprint density at radius 1 is 1.17 bits per heavy atom. The van der Waals surface area contributed by atoms with Gasteiger partial charge in [-0.1, -0.05) is 65.7 Å². The maximum Gasteiger partial charge on any atom is 0.219 e. The summed E-state index contributed by atoms with van der Waals surface area (Å²) in [5.41, 5.74) is 1.05. The van der Waals surface area contributed by atoms with Crippen molar-refractivity contribution in [1.82, 2.24) is 0 Å². The normalized spacial score (nSPS) is 27.9. The summed E-state index contributed by atoms with van der Waals surface area (Å²) in [5, 5.41) is 12.3. The Kier molecular flexibility index (Phi) is 8.59. The van der Waals surface area contributed by atoms with E-state index in [1.807, 2.05) is 11.8 Å². The summed E-state index contributed by atoms with van der Waals surface area (Å²) in [5.74, 6) is 0.165. The molecule has 0 saturated heterocycles. The van der Waals surface area contributed by atoms with E-state index >= 15 is 0 Å². The van der Waals surface area contributed by atoms with Gasteiger partial charge in [0.25, 0.3) is 0 Å². The van der Waals surface area contributed by atoms with E-state index in [9.17, 15) is 10.1 Å². The van der Waals surface area contributed by atoms with Gasteiger partial charge in [-0.25, -0.2) is 0 Å². The Labute approximate surface area is 181 Å². The summed E-state index contributed by atoms with van der Waals surface area (Å²) < 4.78 is 6.72. The molecule has 2 rings (SSSR count). The highest BCUT2D eigenvalue weighted by Gasteiger charge is 2.55. The Bertz CT molecular complexity index is 651. The van der Waals surface area contributed by atoms with Crippen LogP contribution in [0.3, 0.4) is 0 Å². The molecule has 1 fully saturated rings. The SMILES string of the molecule is CCC(CC)O[C@@H]1[C@H](Sc2ccc(C)cc2)[C@@H](CC)C[C@H]([N+](=O)[O-])[C@H]1C(C)(C)C. The third-order valence-corrected chi connectivity index (χ3v) is 7.92. The van der Waals surface area contributed by atoms with Gasteiger partial charge in [-0.05, 0) is 43.2 Å². The van der Waals surface area contributed by atoms with E-state index in [2.05, 4.69) is 72.7 Å². The lowest BCUT2D eigenvalue weighted by Crippen LogP contribution is -2.57. The molecule has 0 aliphatic heterocycles. The largest absolute Gasteiger partial charge is 0.373 e. The molecule has 0 bridgehead atoms. The van der Waals surface area contributed by atoms with Crippen molar-refractivity contribution in [2.75, 3.05) is 0 Å². The topological polar surface area (TPSA) is 52.4 Å². The highest BCUT2D eigenvalue weighted by molar-refractivity contribution is 8.00. The van der Waals surface area contributed by atoms with Crippen LogP contribution in [-0.2, 0) is 4.74 Å². The number of aryl methyl sites for hydroxylation is 1. The van der Waals surface area contributed by atoms with Crippen LogP contribution < -0.4 is 0 Å². The third-order valence-electron chi connectivity index (χ3n) is 6.45. The molecule has 1 aliphatic rings.